The van der Waals surface area contributed by atoms with Crippen molar-refractivity contribution in [2.45, 2.75) is 30.7 Å². The lowest BCUT2D eigenvalue weighted by Gasteiger charge is -2.23. The van der Waals surface area contributed by atoms with Crippen molar-refractivity contribution in [3.8, 4) is 11.5 Å². The molecule has 0 bridgehead atoms. The third-order valence-corrected chi connectivity index (χ3v) is 5.85. The summed E-state index contributed by atoms with van der Waals surface area (Å²) in [4.78, 5) is 11.6. The standard InChI is InChI=1S/C14H20N2O5S/c1-9-7-11(20-2)12(21-3)8-13(9)22(18,19)16-6-4-5-10(16)14(15)17/h7-8,10H,4-6H2,1-3H3,(H2,15,17)/t10-/m1/s1. The van der Waals surface area contributed by atoms with Crippen LogP contribution in [-0.4, -0.2) is 45.4 Å². The Bertz CT molecular complexity index is 687. The highest BCUT2D eigenvalue weighted by Gasteiger charge is 2.39. The van der Waals surface area contributed by atoms with E-state index in [1.807, 2.05) is 0 Å². The molecule has 122 valence electrons. The number of hydrogen-bond donors (Lipinski definition) is 1. The van der Waals surface area contributed by atoms with Crippen LogP contribution >= 0.6 is 0 Å². The Hall–Kier alpha value is -1.80. The Morgan fingerprint density at radius 2 is 1.86 bits per heavy atom. The summed E-state index contributed by atoms with van der Waals surface area (Å²) in [6.07, 6.45) is 1.06. The van der Waals surface area contributed by atoms with Crippen molar-refractivity contribution in [1.29, 1.82) is 0 Å². The molecule has 1 amide bonds. The molecule has 1 atom stereocenters. The summed E-state index contributed by atoms with van der Waals surface area (Å²) in [6.45, 7) is 1.95. The molecule has 1 aromatic rings. The van der Waals surface area contributed by atoms with Gasteiger partial charge in [0.25, 0.3) is 0 Å². The van der Waals surface area contributed by atoms with Gasteiger partial charge in [0.15, 0.2) is 11.5 Å². The average Bonchev–Trinajstić information content (AvgIpc) is 2.97. The molecule has 1 aromatic carbocycles. The van der Waals surface area contributed by atoms with Crippen molar-refractivity contribution in [2.75, 3.05) is 20.8 Å². The van der Waals surface area contributed by atoms with E-state index in [-0.39, 0.29) is 11.4 Å². The molecule has 1 heterocycles. The number of nitrogens with two attached hydrogens (primary N) is 1. The predicted molar refractivity (Wildman–Crippen MR) is 80.4 cm³/mol. The molecule has 7 nitrogen and oxygen atoms in total. The first-order chi connectivity index (χ1) is 10.3. The van der Waals surface area contributed by atoms with E-state index in [1.165, 1.54) is 24.6 Å². The lowest BCUT2D eigenvalue weighted by atomic mass is 10.2. The number of carbonyl (C=O) groups excluding carboxylic acids is 1. The molecule has 0 radical (unpaired) electrons. The van der Waals surface area contributed by atoms with Gasteiger partial charge in [0.1, 0.15) is 6.04 Å². The highest BCUT2D eigenvalue weighted by molar-refractivity contribution is 7.89. The van der Waals surface area contributed by atoms with Gasteiger partial charge in [-0.15, -0.1) is 0 Å². The van der Waals surface area contributed by atoms with Crippen molar-refractivity contribution in [3.05, 3.63) is 17.7 Å². The number of carbonyl (C=O) groups is 1. The van der Waals surface area contributed by atoms with Gasteiger partial charge in [-0.05, 0) is 31.4 Å². The van der Waals surface area contributed by atoms with E-state index < -0.39 is 22.0 Å². The Morgan fingerprint density at radius 3 is 2.41 bits per heavy atom. The molecule has 1 aliphatic rings. The number of ether oxygens (including phenoxy) is 2. The van der Waals surface area contributed by atoms with Gasteiger partial charge in [-0.3, -0.25) is 4.79 Å². The summed E-state index contributed by atoms with van der Waals surface area (Å²) in [5.74, 6) is 0.146. The molecular weight excluding hydrogens is 308 g/mol. The van der Waals surface area contributed by atoms with E-state index in [4.69, 9.17) is 15.2 Å². The minimum absolute atomic E-state index is 0.0956. The van der Waals surface area contributed by atoms with Gasteiger partial charge in [-0.25, -0.2) is 8.42 Å². The van der Waals surface area contributed by atoms with E-state index in [0.717, 1.165) is 0 Å². The van der Waals surface area contributed by atoms with Crippen molar-refractivity contribution >= 4 is 15.9 Å². The van der Waals surface area contributed by atoms with Crippen LogP contribution in [0, 0.1) is 6.92 Å². The number of nitrogens with zero attached hydrogens (tertiary/aromatic N) is 1. The van der Waals surface area contributed by atoms with E-state index in [0.29, 0.717) is 29.9 Å². The lowest BCUT2D eigenvalue weighted by Crippen LogP contribution is -2.43. The largest absolute Gasteiger partial charge is 0.493 e. The fourth-order valence-electron chi connectivity index (χ4n) is 2.68. The summed E-state index contributed by atoms with van der Waals surface area (Å²) in [6, 6.07) is 2.22. The quantitative estimate of drug-likeness (QED) is 0.855. The summed E-state index contributed by atoms with van der Waals surface area (Å²) >= 11 is 0. The minimum atomic E-state index is -3.82. The fraction of sp³-hybridized carbons (Fsp3) is 0.500. The van der Waals surface area contributed by atoms with Crippen LogP contribution < -0.4 is 15.2 Å². The number of hydrogen-bond acceptors (Lipinski definition) is 5. The first-order valence-corrected chi connectivity index (χ1v) is 8.30. The second-order valence-electron chi connectivity index (χ2n) is 5.15. The van der Waals surface area contributed by atoms with Gasteiger partial charge in [0, 0.05) is 12.6 Å². The maximum absolute atomic E-state index is 12.9. The molecule has 0 aliphatic carbocycles. The Morgan fingerprint density at radius 1 is 1.27 bits per heavy atom. The van der Waals surface area contributed by atoms with E-state index >= 15 is 0 Å². The van der Waals surface area contributed by atoms with Gasteiger partial charge in [0.2, 0.25) is 15.9 Å². The zero-order chi connectivity index (χ0) is 16.5. The highest BCUT2D eigenvalue weighted by atomic mass is 32.2. The Kier molecular flexibility index (Phi) is 4.62. The molecule has 2 rings (SSSR count). The maximum atomic E-state index is 12.9. The van der Waals surface area contributed by atoms with Gasteiger partial charge in [0.05, 0.1) is 19.1 Å². The van der Waals surface area contributed by atoms with Crippen LogP contribution in [0.1, 0.15) is 18.4 Å². The molecule has 2 N–H and O–H groups in total. The van der Waals surface area contributed by atoms with Crippen LogP contribution in [0.2, 0.25) is 0 Å². The third kappa shape index (κ3) is 2.76. The summed E-state index contributed by atoms with van der Waals surface area (Å²) in [7, 11) is -0.907. The van der Waals surface area contributed by atoms with Crippen LogP contribution in [0.5, 0.6) is 11.5 Å². The Labute approximate surface area is 130 Å². The van der Waals surface area contributed by atoms with Gasteiger partial charge in [-0.2, -0.15) is 4.31 Å². The number of rotatable bonds is 5. The summed E-state index contributed by atoms with van der Waals surface area (Å²) in [5, 5.41) is 0. The Balaban J connectivity index is 2.52. The van der Waals surface area contributed by atoms with Crippen LogP contribution in [0.4, 0.5) is 0 Å². The van der Waals surface area contributed by atoms with Gasteiger partial charge >= 0.3 is 0 Å². The molecule has 1 fully saturated rings. The molecule has 1 saturated heterocycles. The fourth-order valence-corrected chi connectivity index (χ4v) is 4.57. The SMILES string of the molecule is COc1cc(C)c(S(=O)(=O)N2CCC[C@@H]2C(N)=O)cc1OC. The van der Waals surface area contributed by atoms with Crippen LogP contribution in [0.15, 0.2) is 17.0 Å². The number of sulfonamides is 1. The van der Waals surface area contributed by atoms with Gasteiger partial charge < -0.3 is 15.2 Å². The molecule has 0 unspecified atom stereocenters. The van der Waals surface area contributed by atoms with Crippen molar-refractivity contribution < 1.29 is 22.7 Å². The molecule has 0 saturated carbocycles. The normalized spacial score (nSPS) is 19.1. The first-order valence-electron chi connectivity index (χ1n) is 6.86. The highest BCUT2D eigenvalue weighted by Crippen LogP contribution is 2.35. The van der Waals surface area contributed by atoms with Crippen molar-refractivity contribution in [3.63, 3.8) is 0 Å². The van der Waals surface area contributed by atoms with Gasteiger partial charge in [-0.1, -0.05) is 0 Å². The lowest BCUT2D eigenvalue weighted by molar-refractivity contribution is -0.121. The topological polar surface area (TPSA) is 98.9 Å². The smallest absolute Gasteiger partial charge is 0.244 e. The second-order valence-corrected chi connectivity index (χ2v) is 7.01. The number of benzene rings is 1. The second kappa shape index (κ2) is 6.13. The first kappa shape index (κ1) is 16.6. The van der Waals surface area contributed by atoms with Crippen molar-refractivity contribution in [1.82, 2.24) is 4.31 Å². The molecule has 22 heavy (non-hydrogen) atoms. The van der Waals surface area contributed by atoms with Crippen molar-refractivity contribution in [2.24, 2.45) is 5.73 Å². The molecule has 0 spiro atoms. The van der Waals surface area contributed by atoms with Crippen LogP contribution in [-0.2, 0) is 14.8 Å². The molecule has 1 aliphatic heterocycles. The van der Waals surface area contributed by atoms with Crippen LogP contribution in [0.25, 0.3) is 0 Å². The third-order valence-electron chi connectivity index (χ3n) is 3.80. The maximum Gasteiger partial charge on any atom is 0.244 e. The monoisotopic (exact) mass is 328 g/mol. The molecule has 8 heteroatoms. The average molecular weight is 328 g/mol. The number of amides is 1. The summed E-state index contributed by atoms with van der Waals surface area (Å²) in [5.41, 5.74) is 5.83. The van der Waals surface area contributed by atoms with Crippen LogP contribution in [0.3, 0.4) is 0 Å². The van der Waals surface area contributed by atoms with E-state index in [9.17, 15) is 13.2 Å². The summed E-state index contributed by atoms with van der Waals surface area (Å²) < 4.78 is 37.2. The molecule has 0 aromatic heterocycles. The van der Waals surface area contributed by atoms with E-state index in [1.54, 1.807) is 13.0 Å². The number of methoxy groups -OCH3 is 2. The minimum Gasteiger partial charge on any atom is -0.493 e. The number of aryl methyl sites for hydroxylation is 1. The molecular formula is C14H20N2O5S. The predicted octanol–water partition coefficient (Wildman–Crippen LogP) is 0.651. The zero-order valence-corrected chi connectivity index (χ0v) is 13.6. The zero-order valence-electron chi connectivity index (χ0n) is 12.8. The van der Waals surface area contributed by atoms with E-state index in [2.05, 4.69) is 0 Å². The number of primary amides is 1.